The summed E-state index contributed by atoms with van der Waals surface area (Å²) in [5, 5.41) is 0.845. The van der Waals surface area contributed by atoms with E-state index in [0.717, 1.165) is 0 Å². The second-order valence-corrected chi connectivity index (χ2v) is 8.43. The standard InChI is InChI=1S/C22H25O7P/c1-7-26-30(25,27-8-2)19-13-18(28-21(23)14(3)4)16-11-9-10-12-17(16)20(19)29-22(24)15(5)6/h9-13H,3,5,7-8H2,1-2,4,6H3. The van der Waals surface area contributed by atoms with Gasteiger partial charge in [0.2, 0.25) is 0 Å². The van der Waals surface area contributed by atoms with Crippen LogP contribution in [0.25, 0.3) is 10.8 Å². The molecule has 2 aromatic rings. The van der Waals surface area contributed by atoms with E-state index in [-0.39, 0.29) is 41.2 Å². The molecule has 2 rings (SSSR count). The fourth-order valence-electron chi connectivity index (χ4n) is 2.58. The molecule has 0 saturated heterocycles. The molecule has 0 aliphatic rings. The lowest BCUT2D eigenvalue weighted by atomic mass is 10.1. The van der Waals surface area contributed by atoms with Gasteiger partial charge in [-0.1, -0.05) is 37.4 Å². The van der Waals surface area contributed by atoms with E-state index in [0.29, 0.717) is 10.8 Å². The van der Waals surface area contributed by atoms with Gasteiger partial charge in [-0.15, -0.1) is 0 Å². The molecule has 0 heterocycles. The topological polar surface area (TPSA) is 88.1 Å². The Hall–Kier alpha value is -2.73. The van der Waals surface area contributed by atoms with E-state index in [9.17, 15) is 14.2 Å². The minimum absolute atomic E-state index is 0.000965. The van der Waals surface area contributed by atoms with Crippen molar-refractivity contribution in [2.24, 2.45) is 0 Å². The minimum Gasteiger partial charge on any atom is -0.422 e. The minimum atomic E-state index is -3.91. The van der Waals surface area contributed by atoms with Crippen LogP contribution in [-0.2, 0) is 23.2 Å². The predicted molar refractivity (Wildman–Crippen MR) is 115 cm³/mol. The van der Waals surface area contributed by atoms with E-state index in [1.165, 1.54) is 19.9 Å². The summed E-state index contributed by atoms with van der Waals surface area (Å²) < 4.78 is 35.5. The summed E-state index contributed by atoms with van der Waals surface area (Å²) in [6, 6.07) is 8.12. The molecule has 0 saturated carbocycles. The van der Waals surface area contributed by atoms with Gasteiger partial charge < -0.3 is 18.5 Å². The molecule has 0 fully saturated rings. The fraction of sp³-hybridized carbons (Fsp3) is 0.273. The monoisotopic (exact) mass is 432 g/mol. The lowest BCUT2D eigenvalue weighted by molar-refractivity contribution is -0.131. The summed E-state index contributed by atoms with van der Waals surface area (Å²) in [4.78, 5) is 24.5. The van der Waals surface area contributed by atoms with Gasteiger partial charge in [-0.2, -0.15) is 0 Å². The van der Waals surface area contributed by atoms with E-state index in [4.69, 9.17) is 18.5 Å². The van der Waals surface area contributed by atoms with Crippen molar-refractivity contribution in [2.45, 2.75) is 27.7 Å². The normalized spacial score (nSPS) is 11.2. The molecule has 0 amide bonds. The second kappa shape index (κ2) is 9.85. The van der Waals surface area contributed by atoms with Crippen LogP contribution >= 0.6 is 7.60 Å². The van der Waals surface area contributed by atoms with Crippen molar-refractivity contribution in [1.29, 1.82) is 0 Å². The van der Waals surface area contributed by atoms with E-state index in [1.807, 2.05) is 0 Å². The van der Waals surface area contributed by atoms with Gasteiger partial charge in [-0.3, -0.25) is 4.57 Å². The summed E-state index contributed by atoms with van der Waals surface area (Å²) in [6.45, 7) is 13.7. The van der Waals surface area contributed by atoms with Crippen molar-refractivity contribution < 1.29 is 32.7 Å². The molecule has 0 aromatic heterocycles. The molecule has 0 radical (unpaired) electrons. The average Bonchev–Trinajstić information content (AvgIpc) is 2.69. The number of ether oxygens (including phenoxy) is 2. The molecule has 0 aliphatic heterocycles. The number of hydrogen-bond acceptors (Lipinski definition) is 7. The Morgan fingerprint density at radius 3 is 1.90 bits per heavy atom. The first-order chi connectivity index (χ1) is 14.1. The number of carbonyl (C=O) groups excluding carboxylic acids is 2. The second-order valence-electron chi connectivity index (χ2n) is 6.44. The highest BCUT2D eigenvalue weighted by atomic mass is 31.2. The quantitative estimate of drug-likeness (QED) is 0.246. The van der Waals surface area contributed by atoms with Gasteiger partial charge in [0.05, 0.1) is 13.2 Å². The van der Waals surface area contributed by atoms with Gasteiger partial charge in [0.15, 0.2) is 5.75 Å². The average molecular weight is 432 g/mol. The fourth-order valence-corrected chi connectivity index (χ4v) is 4.30. The van der Waals surface area contributed by atoms with E-state index in [1.54, 1.807) is 38.1 Å². The van der Waals surface area contributed by atoms with Crippen LogP contribution in [0.1, 0.15) is 27.7 Å². The molecule has 8 heteroatoms. The summed E-state index contributed by atoms with van der Waals surface area (Å²) in [6.07, 6.45) is 0. The molecule has 0 spiro atoms. The van der Waals surface area contributed by atoms with Crippen LogP contribution in [0.2, 0.25) is 0 Å². The van der Waals surface area contributed by atoms with E-state index in [2.05, 4.69) is 13.2 Å². The number of benzene rings is 2. The lowest BCUT2D eigenvalue weighted by Gasteiger charge is -2.22. The Morgan fingerprint density at radius 1 is 0.900 bits per heavy atom. The van der Waals surface area contributed by atoms with Crippen molar-refractivity contribution in [3.05, 3.63) is 54.6 Å². The Bertz CT molecular complexity index is 1040. The van der Waals surface area contributed by atoms with Crippen LogP contribution in [-0.4, -0.2) is 25.2 Å². The molecule has 160 valence electrons. The molecule has 2 aromatic carbocycles. The zero-order chi connectivity index (χ0) is 22.5. The van der Waals surface area contributed by atoms with Crippen molar-refractivity contribution in [2.75, 3.05) is 13.2 Å². The summed E-state index contributed by atoms with van der Waals surface area (Å²) in [5.74, 6) is -1.24. The number of carbonyl (C=O) groups is 2. The number of esters is 2. The molecule has 7 nitrogen and oxygen atoms in total. The van der Waals surface area contributed by atoms with E-state index < -0.39 is 19.5 Å². The zero-order valence-electron chi connectivity index (χ0n) is 17.5. The molecular weight excluding hydrogens is 407 g/mol. The summed E-state index contributed by atoms with van der Waals surface area (Å²) in [5.41, 5.74) is 0.349. The van der Waals surface area contributed by atoms with Crippen LogP contribution in [0.5, 0.6) is 11.5 Å². The Kier molecular flexibility index (Phi) is 7.73. The number of fused-ring (bicyclic) bond motifs is 1. The van der Waals surface area contributed by atoms with Gasteiger partial charge in [-0.05, 0) is 27.7 Å². The van der Waals surface area contributed by atoms with Gasteiger partial charge in [-0.25, -0.2) is 9.59 Å². The van der Waals surface area contributed by atoms with Crippen LogP contribution in [0, 0.1) is 0 Å². The van der Waals surface area contributed by atoms with Gasteiger partial charge >= 0.3 is 19.5 Å². The summed E-state index contributed by atoms with van der Waals surface area (Å²) in [7, 11) is -3.91. The SMILES string of the molecule is C=C(C)C(=O)Oc1cc(P(=O)(OCC)OCC)c(OC(=O)C(=C)C)c2ccccc12. The van der Waals surface area contributed by atoms with E-state index >= 15 is 0 Å². The van der Waals surface area contributed by atoms with Gasteiger partial charge in [0, 0.05) is 28.0 Å². The molecular formula is C22H25O7P. The smallest absolute Gasteiger partial charge is 0.365 e. The highest BCUT2D eigenvalue weighted by Crippen LogP contribution is 2.52. The Labute approximate surface area is 175 Å². The van der Waals surface area contributed by atoms with Gasteiger partial charge in [0.1, 0.15) is 11.1 Å². The molecule has 0 unspecified atom stereocenters. The first kappa shape index (κ1) is 23.5. The third-order valence-corrected chi connectivity index (χ3v) is 6.04. The zero-order valence-corrected chi connectivity index (χ0v) is 18.4. The van der Waals surface area contributed by atoms with Crippen molar-refractivity contribution in [1.82, 2.24) is 0 Å². The first-order valence-electron chi connectivity index (χ1n) is 9.35. The van der Waals surface area contributed by atoms with Gasteiger partial charge in [0.25, 0.3) is 0 Å². The van der Waals surface area contributed by atoms with Crippen LogP contribution < -0.4 is 14.8 Å². The summed E-state index contributed by atoms with van der Waals surface area (Å²) >= 11 is 0. The molecule has 0 aliphatic carbocycles. The molecule has 30 heavy (non-hydrogen) atoms. The molecule has 0 N–H and O–H groups in total. The molecule has 0 atom stereocenters. The van der Waals surface area contributed by atoms with Crippen LogP contribution in [0.4, 0.5) is 0 Å². The lowest BCUT2D eigenvalue weighted by Crippen LogP contribution is -2.20. The van der Waals surface area contributed by atoms with Crippen molar-refractivity contribution in [3.8, 4) is 11.5 Å². The number of rotatable bonds is 9. The Balaban J connectivity index is 2.87. The first-order valence-corrected chi connectivity index (χ1v) is 10.9. The van der Waals surface area contributed by atoms with Crippen molar-refractivity contribution in [3.63, 3.8) is 0 Å². The van der Waals surface area contributed by atoms with Crippen LogP contribution in [0.3, 0.4) is 0 Å². The third kappa shape index (κ3) is 5.05. The third-order valence-electron chi connectivity index (χ3n) is 3.93. The van der Waals surface area contributed by atoms with Crippen molar-refractivity contribution >= 4 is 35.6 Å². The predicted octanol–water partition coefficient (Wildman–Crippen LogP) is 4.69. The largest absolute Gasteiger partial charge is 0.422 e. The maximum Gasteiger partial charge on any atom is 0.365 e. The maximum atomic E-state index is 13.6. The highest BCUT2D eigenvalue weighted by molar-refractivity contribution is 7.62. The highest BCUT2D eigenvalue weighted by Gasteiger charge is 2.34. The number of hydrogen-bond donors (Lipinski definition) is 0. The Morgan fingerprint density at radius 2 is 1.40 bits per heavy atom. The maximum absolute atomic E-state index is 13.6. The molecule has 0 bridgehead atoms. The van der Waals surface area contributed by atoms with Crippen LogP contribution in [0.15, 0.2) is 54.6 Å².